The molecule has 1 aromatic heterocycles. The summed E-state index contributed by atoms with van der Waals surface area (Å²) in [6.45, 7) is 4.00. The zero-order valence-corrected chi connectivity index (χ0v) is 14.4. The lowest BCUT2D eigenvalue weighted by molar-refractivity contribution is 0.174. The SMILES string of the molecule is CCC(O)c1c(C)[nH]c2ccccc12.O=S(=O)(O)c1ccccc1. The van der Waals surface area contributed by atoms with E-state index in [4.69, 9.17) is 4.55 Å². The van der Waals surface area contributed by atoms with E-state index in [0.717, 1.165) is 28.6 Å². The standard InChI is InChI=1S/C12H15NO.C6H6O3S/c1-3-11(14)12-8(2)13-10-7-5-4-6-9(10)12;7-10(8,9)6-4-2-1-3-5-6/h4-7,11,13-14H,3H2,1-2H3;1-5H,(H,7,8,9). The Bertz CT molecular complexity index is 901. The lowest BCUT2D eigenvalue weighted by Crippen LogP contribution is -1.96. The number of fused-ring (bicyclic) bond motifs is 1. The minimum atomic E-state index is -4.00. The number of aliphatic hydroxyl groups is 1. The fraction of sp³-hybridized carbons (Fsp3) is 0.222. The summed E-state index contributed by atoms with van der Waals surface area (Å²) in [6, 6.07) is 15.5. The van der Waals surface area contributed by atoms with Gasteiger partial charge in [-0.25, -0.2) is 0 Å². The number of aliphatic hydroxyl groups excluding tert-OH is 1. The van der Waals surface area contributed by atoms with Crippen LogP contribution in [-0.2, 0) is 10.1 Å². The Morgan fingerprint density at radius 1 is 1.04 bits per heavy atom. The highest BCUT2D eigenvalue weighted by Crippen LogP contribution is 2.28. The van der Waals surface area contributed by atoms with Crippen LogP contribution in [0.2, 0.25) is 0 Å². The molecule has 3 aromatic rings. The Morgan fingerprint density at radius 3 is 2.17 bits per heavy atom. The molecule has 1 atom stereocenters. The van der Waals surface area contributed by atoms with Crippen LogP contribution in [0.4, 0.5) is 0 Å². The van der Waals surface area contributed by atoms with Gasteiger partial charge in [0.2, 0.25) is 0 Å². The number of hydrogen-bond acceptors (Lipinski definition) is 3. The van der Waals surface area contributed by atoms with Gasteiger partial charge >= 0.3 is 0 Å². The topological polar surface area (TPSA) is 90.4 Å². The summed E-state index contributed by atoms with van der Waals surface area (Å²) in [7, 11) is -4.00. The molecule has 0 spiro atoms. The van der Waals surface area contributed by atoms with Crippen molar-refractivity contribution < 1.29 is 18.1 Å². The average molecular weight is 347 g/mol. The molecule has 0 amide bonds. The third-order valence-electron chi connectivity index (χ3n) is 3.70. The van der Waals surface area contributed by atoms with Gasteiger partial charge < -0.3 is 10.1 Å². The summed E-state index contributed by atoms with van der Waals surface area (Å²) in [5.41, 5.74) is 3.22. The van der Waals surface area contributed by atoms with E-state index >= 15 is 0 Å². The highest BCUT2D eigenvalue weighted by atomic mass is 32.2. The fourth-order valence-corrected chi connectivity index (χ4v) is 3.03. The molecule has 0 aliphatic heterocycles. The lowest BCUT2D eigenvalue weighted by atomic mass is 10.0. The van der Waals surface area contributed by atoms with Crippen LogP contribution < -0.4 is 0 Å². The summed E-state index contributed by atoms with van der Waals surface area (Å²) < 4.78 is 29.2. The first-order chi connectivity index (χ1) is 11.3. The van der Waals surface area contributed by atoms with Crippen LogP contribution in [0.1, 0.15) is 30.7 Å². The number of rotatable bonds is 3. The summed E-state index contributed by atoms with van der Waals surface area (Å²) in [4.78, 5) is 3.21. The highest BCUT2D eigenvalue weighted by Gasteiger charge is 2.14. The van der Waals surface area contributed by atoms with Crippen LogP contribution in [0.3, 0.4) is 0 Å². The quantitative estimate of drug-likeness (QED) is 0.628. The summed E-state index contributed by atoms with van der Waals surface area (Å²) >= 11 is 0. The average Bonchev–Trinajstić information content (AvgIpc) is 2.90. The number of aromatic amines is 1. The summed E-state index contributed by atoms with van der Waals surface area (Å²) in [5.74, 6) is 0. The van der Waals surface area contributed by atoms with Gasteiger partial charge in [0.05, 0.1) is 11.0 Å². The van der Waals surface area contributed by atoms with Gasteiger partial charge in [-0.05, 0) is 31.5 Å². The molecule has 0 aliphatic rings. The van der Waals surface area contributed by atoms with E-state index in [9.17, 15) is 13.5 Å². The monoisotopic (exact) mass is 347 g/mol. The second kappa shape index (κ2) is 7.61. The smallest absolute Gasteiger partial charge is 0.294 e. The van der Waals surface area contributed by atoms with Gasteiger partial charge in [-0.3, -0.25) is 4.55 Å². The van der Waals surface area contributed by atoms with Crippen molar-refractivity contribution in [3.8, 4) is 0 Å². The molecule has 0 fully saturated rings. The fourth-order valence-electron chi connectivity index (χ4n) is 2.52. The van der Waals surface area contributed by atoms with Crippen molar-refractivity contribution in [3.05, 3.63) is 65.9 Å². The first-order valence-electron chi connectivity index (χ1n) is 7.62. The minimum absolute atomic E-state index is 0.0741. The maximum absolute atomic E-state index is 10.4. The number of aromatic nitrogens is 1. The van der Waals surface area contributed by atoms with Gasteiger partial charge in [-0.15, -0.1) is 0 Å². The van der Waals surface area contributed by atoms with Crippen molar-refractivity contribution in [2.75, 3.05) is 0 Å². The van der Waals surface area contributed by atoms with Gasteiger partial charge in [0.1, 0.15) is 0 Å². The predicted octanol–water partition coefficient (Wildman–Crippen LogP) is 3.85. The zero-order valence-electron chi connectivity index (χ0n) is 13.6. The van der Waals surface area contributed by atoms with Gasteiger partial charge in [-0.1, -0.05) is 43.3 Å². The second-order valence-corrected chi connectivity index (χ2v) is 6.84. The van der Waals surface area contributed by atoms with Crippen molar-refractivity contribution in [3.63, 3.8) is 0 Å². The Hall–Kier alpha value is -2.15. The summed E-state index contributed by atoms with van der Waals surface area (Å²) in [6.07, 6.45) is 0.397. The van der Waals surface area contributed by atoms with E-state index in [2.05, 4.69) is 4.98 Å². The predicted molar refractivity (Wildman–Crippen MR) is 94.5 cm³/mol. The van der Waals surface area contributed by atoms with E-state index in [0.29, 0.717) is 0 Å². The van der Waals surface area contributed by atoms with Crippen LogP contribution in [-0.4, -0.2) is 23.1 Å². The maximum atomic E-state index is 10.4. The molecule has 0 radical (unpaired) electrons. The van der Waals surface area contributed by atoms with E-state index in [1.807, 2.05) is 38.1 Å². The van der Waals surface area contributed by atoms with Crippen LogP contribution in [0.25, 0.3) is 10.9 Å². The normalized spacial score (nSPS) is 12.5. The molecule has 1 heterocycles. The van der Waals surface area contributed by atoms with Crippen molar-refractivity contribution in [1.29, 1.82) is 0 Å². The molecule has 6 heteroatoms. The lowest BCUT2D eigenvalue weighted by Gasteiger charge is -2.07. The van der Waals surface area contributed by atoms with Gasteiger partial charge in [-0.2, -0.15) is 8.42 Å². The maximum Gasteiger partial charge on any atom is 0.294 e. The van der Waals surface area contributed by atoms with Gasteiger partial charge in [0, 0.05) is 22.2 Å². The molecule has 0 saturated carbocycles. The molecule has 5 nitrogen and oxygen atoms in total. The third-order valence-corrected chi connectivity index (χ3v) is 4.57. The van der Waals surface area contributed by atoms with Crippen molar-refractivity contribution in [1.82, 2.24) is 4.98 Å². The number of aryl methyl sites for hydroxylation is 1. The summed E-state index contributed by atoms with van der Waals surface area (Å²) in [5, 5.41) is 11.0. The van der Waals surface area contributed by atoms with E-state index in [1.54, 1.807) is 18.2 Å². The highest BCUT2D eigenvalue weighted by molar-refractivity contribution is 7.85. The van der Waals surface area contributed by atoms with Crippen molar-refractivity contribution >= 4 is 21.0 Å². The van der Waals surface area contributed by atoms with E-state index in [1.165, 1.54) is 12.1 Å². The molecule has 2 aromatic carbocycles. The Labute approximate surface area is 141 Å². The Kier molecular flexibility index (Phi) is 5.77. The number of para-hydroxylation sites is 1. The van der Waals surface area contributed by atoms with E-state index < -0.39 is 10.1 Å². The second-order valence-electron chi connectivity index (χ2n) is 5.42. The molecule has 3 N–H and O–H groups in total. The minimum Gasteiger partial charge on any atom is -0.388 e. The number of nitrogens with one attached hydrogen (secondary N) is 1. The van der Waals surface area contributed by atoms with Gasteiger partial charge in [0.25, 0.3) is 10.1 Å². The first-order valence-corrected chi connectivity index (χ1v) is 9.06. The zero-order chi connectivity index (χ0) is 17.7. The third kappa shape index (κ3) is 4.23. The molecule has 0 saturated heterocycles. The van der Waals surface area contributed by atoms with Crippen LogP contribution in [0, 0.1) is 6.92 Å². The molecule has 128 valence electrons. The molecule has 3 rings (SSSR count). The van der Waals surface area contributed by atoms with Crippen LogP contribution in [0.5, 0.6) is 0 Å². The van der Waals surface area contributed by atoms with E-state index in [-0.39, 0.29) is 11.0 Å². The van der Waals surface area contributed by atoms with Crippen molar-refractivity contribution in [2.45, 2.75) is 31.3 Å². The van der Waals surface area contributed by atoms with Crippen molar-refractivity contribution in [2.24, 2.45) is 0 Å². The van der Waals surface area contributed by atoms with Crippen LogP contribution in [0.15, 0.2) is 59.5 Å². The molecular weight excluding hydrogens is 326 g/mol. The van der Waals surface area contributed by atoms with Crippen LogP contribution >= 0.6 is 0 Å². The molecule has 0 aliphatic carbocycles. The molecule has 1 unspecified atom stereocenters. The van der Waals surface area contributed by atoms with Gasteiger partial charge in [0.15, 0.2) is 0 Å². The Balaban J connectivity index is 0.000000185. The number of H-pyrrole nitrogens is 1. The molecule has 24 heavy (non-hydrogen) atoms. The number of hydrogen-bond donors (Lipinski definition) is 3. The molecule has 0 bridgehead atoms. The largest absolute Gasteiger partial charge is 0.388 e. The molecular formula is C18H21NO4S. The number of benzene rings is 2. The first kappa shape index (κ1) is 18.2. The Morgan fingerprint density at radius 2 is 1.62 bits per heavy atom.